The minimum atomic E-state index is -0.362. The van der Waals surface area contributed by atoms with Crippen molar-refractivity contribution in [1.29, 1.82) is 5.26 Å². The number of carbonyl (C=O) groups is 2. The second kappa shape index (κ2) is 22.3. The number of nitriles is 1. The van der Waals surface area contributed by atoms with Crippen molar-refractivity contribution < 1.29 is 23.8 Å². The zero-order chi connectivity index (χ0) is 35.1. The molecule has 0 heterocycles. The van der Waals surface area contributed by atoms with Gasteiger partial charge in [0.1, 0.15) is 19.8 Å². The number of hydrogen-bond donors (Lipinski definition) is 2. The maximum atomic E-state index is 12.9. The molecule has 0 spiro atoms. The van der Waals surface area contributed by atoms with Gasteiger partial charge in [-0.15, -0.1) is 0 Å². The van der Waals surface area contributed by atoms with Gasteiger partial charge in [0, 0.05) is 39.0 Å². The summed E-state index contributed by atoms with van der Waals surface area (Å²) in [4.78, 5) is 27.5. The molecule has 4 rings (SSSR count). The molecule has 0 saturated heterocycles. The summed E-state index contributed by atoms with van der Waals surface area (Å²) in [7, 11) is 0. The molecule has 9 nitrogen and oxygen atoms in total. The lowest BCUT2D eigenvalue weighted by Crippen LogP contribution is -2.35. The quantitative estimate of drug-likeness (QED) is 0.0847. The largest absolute Gasteiger partial charge is 0.485 e. The van der Waals surface area contributed by atoms with Crippen LogP contribution in [-0.4, -0.2) is 49.6 Å². The first-order valence-corrected chi connectivity index (χ1v) is 17.4. The fourth-order valence-electron chi connectivity index (χ4n) is 5.18. The minimum absolute atomic E-state index is 0.0530. The Morgan fingerprint density at radius 2 is 1.24 bits per heavy atom. The number of hydrogen-bond acceptors (Lipinski definition) is 7. The Labute approximate surface area is 296 Å². The average Bonchev–Trinajstić information content (AvgIpc) is 3.16. The van der Waals surface area contributed by atoms with Crippen molar-refractivity contribution in [1.82, 2.24) is 15.5 Å². The van der Waals surface area contributed by atoms with E-state index in [0.717, 1.165) is 41.6 Å². The van der Waals surface area contributed by atoms with E-state index < -0.39 is 0 Å². The van der Waals surface area contributed by atoms with E-state index in [9.17, 15) is 9.59 Å². The SMILES string of the molecule is N#CCCNCCCCN(CCCNC(=O)CCc1ccc(OCc2ccccc2)c(OCc2ccccc2)c1)C(=O)OCc1ccccc1. The number of carbonyl (C=O) groups excluding carboxylic acids is 2. The summed E-state index contributed by atoms with van der Waals surface area (Å²) >= 11 is 0. The van der Waals surface area contributed by atoms with Crippen molar-refractivity contribution in [2.45, 2.75) is 58.3 Å². The maximum Gasteiger partial charge on any atom is 0.410 e. The molecule has 262 valence electrons. The molecule has 0 aliphatic rings. The molecule has 4 aromatic carbocycles. The van der Waals surface area contributed by atoms with Gasteiger partial charge in [-0.1, -0.05) is 97.1 Å². The summed E-state index contributed by atoms with van der Waals surface area (Å²) in [5, 5.41) is 14.9. The van der Waals surface area contributed by atoms with Crippen LogP contribution in [0.4, 0.5) is 4.79 Å². The summed E-state index contributed by atoms with van der Waals surface area (Å²) < 4.78 is 17.9. The van der Waals surface area contributed by atoms with Gasteiger partial charge >= 0.3 is 6.09 Å². The maximum absolute atomic E-state index is 12.9. The van der Waals surface area contributed by atoms with Gasteiger partial charge in [-0.25, -0.2) is 4.79 Å². The monoisotopic (exact) mass is 676 g/mol. The molecule has 0 aliphatic carbocycles. The Morgan fingerprint density at radius 1 is 0.640 bits per heavy atom. The fraction of sp³-hybridized carbons (Fsp3) is 0.341. The summed E-state index contributed by atoms with van der Waals surface area (Å²) in [6.07, 6.45) is 3.28. The predicted molar refractivity (Wildman–Crippen MR) is 194 cm³/mol. The third-order valence-electron chi connectivity index (χ3n) is 7.96. The van der Waals surface area contributed by atoms with E-state index in [-0.39, 0.29) is 18.6 Å². The fourth-order valence-corrected chi connectivity index (χ4v) is 5.18. The van der Waals surface area contributed by atoms with E-state index in [1.165, 1.54) is 0 Å². The van der Waals surface area contributed by atoms with Gasteiger partial charge in [0.05, 0.1) is 6.07 Å². The Hall–Kier alpha value is -5.33. The highest BCUT2D eigenvalue weighted by atomic mass is 16.6. The number of benzene rings is 4. The molecule has 0 bridgehead atoms. The number of nitrogens with one attached hydrogen (secondary N) is 2. The summed E-state index contributed by atoms with van der Waals surface area (Å²) in [5.74, 6) is 1.24. The number of amides is 2. The highest BCUT2D eigenvalue weighted by Crippen LogP contribution is 2.30. The van der Waals surface area contributed by atoms with Gasteiger partial charge in [0.2, 0.25) is 5.91 Å². The lowest BCUT2D eigenvalue weighted by atomic mass is 10.1. The topological polar surface area (TPSA) is 113 Å². The molecule has 0 aromatic heterocycles. The minimum Gasteiger partial charge on any atom is -0.485 e. The van der Waals surface area contributed by atoms with Gasteiger partial charge in [-0.2, -0.15) is 5.26 Å². The molecule has 2 N–H and O–H groups in total. The highest BCUT2D eigenvalue weighted by molar-refractivity contribution is 5.76. The van der Waals surface area contributed by atoms with Gasteiger partial charge in [0.15, 0.2) is 11.5 Å². The Balaban J connectivity index is 1.24. The molecule has 9 heteroatoms. The lowest BCUT2D eigenvalue weighted by Gasteiger charge is -2.22. The molecule has 0 aliphatic heterocycles. The Morgan fingerprint density at radius 3 is 1.88 bits per heavy atom. The van der Waals surface area contributed by atoms with Crippen LogP contribution in [0.15, 0.2) is 109 Å². The van der Waals surface area contributed by atoms with Gasteiger partial charge < -0.3 is 29.7 Å². The standard InChI is InChI=1S/C41H48N4O5/c42-24-12-26-43-25-10-11-28-45(41(47)50-33-37-18-8-3-9-19-37)29-13-27-44-40(46)23-21-34-20-22-38(48-31-35-14-4-1-5-15-35)39(30-34)49-32-36-16-6-2-7-17-36/h1-9,14-20,22,30,43H,10-13,21,23,25-29,31-33H2,(H,44,46). The third kappa shape index (κ3) is 14.4. The van der Waals surface area contributed by atoms with Crippen LogP contribution in [0, 0.1) is 11.3 Å². The van der Waals surface area contributed by atoms with Gasteiger partial charge in [-0.3, -0.25) is 4.79 Å². The van der Waals surface area contributed by atoms with Gasteiger partial charge in [-0.05, 0) is 66.6 Å². The van der Waals surface area contributed by atoms with Crippen LogP contribution in [0.5, 0.6) is 11.5 Å². The Kier molecular flexibility index (Phi) is 16.7. The smallest absolute Gasteiger partial charge is 0.410 e. The first-order valence-electron chi connectivity index (χ1n) is 17.4. The molecular weight excluding hydrogens is 628 g/mol. The van der Waals surface area contributed by atoms with Crippen molar-refractivity contribution in [3.05, 3.63) is 131 Å². The highest BCUT2D eigenvalue weighted by Gasteiger charge is 2.15. The predicted octanol–water partition coefficient (Wildman–Crippen LogP) is 7.21. The Bertz CT molecular complexity index is 1600. The molecular formula is C41H48N4O5. The zero-order valence-electron chi connectivity index (χ0n) is 28.7. The number of unbranched alkanes of at least 4 members (excludes halogenated alkanes) is 1. The van der Waals surface area contributed by atoms with Crippen LogP contribution in [-0.2, 0) is 35.8 Å². The molecule has 4 aromatic rings. The van der Waals surface area contributed by atoms with Crippen molar-refractivity contribution in [2.24, 2.45) is 0 Å². The van der Waals surface area contributed by atoms with E-state index in [4.69, 9.17) is 19.5 Å². The lowest BCUT2D eigenvalue weighted by molar-refractivity contribution is -0.121. The number of rotatable bonds is 22. The van der Waals surface area contributed by atoms with E-state index in [2.05, 4.69) is 16.7 Å². The number of ether oxygens (including phenoxy) is 3. The average molecular weight is 677 g/mol. The molecule has 0 unspecified atom stereocenters. The first kappa shape index (κ1) is 37.5. The summed E-state index contributed by atoms with van der Waals surface area (Å²) in [6, 6.07) is 37.5. The van der Waals surface area contributed by atoms with Crippen LogP contribution in [0.25, 0.3) is 0 Å². The van der Waals surface area contributed by atoms with E-state index in [1.54, 1.807) is 4.90 Å². The molecule has 0 fully saturated rings. The van der Waals surface area contributed by atoms with E-state index in [0.29, 0.717) is 76.6 Å². The van der Waals surface area contributed by atoms with Crippen LogP contribution < -0.4 is 20.1 Å². The van der Waals surface area contributed by atoms with Crippen molar-refractivity contribution >= 4 is 12.0 Å². The van der Waals surface area contributed by atoms with Crippen LogP contribution in [0.2, 0.25) is 0 Å². The van der Waals surface area contributed by atoms with Gasteiger partial charge in [0.25, 0.3) is 0 Å². The zero-order valence-corrected chi connectivity index (χ0v) is 28.7. The molecule has 0 saturated carbocycles. The van der Waals surface area contributed by atoms with Crippen LogP contribution in [0.3, 0.4) is 0 Å². The molecule has 0 radical (unpaired) electrons. The van der Waals surface area contributed by atoms with Crippen LogP contribution in [0.1, 0.15) is 54.4 Å². The number of aryl methyl sites for hydroxylation is 1. The van der Waals surface area contributed by atoms with Crippen molar-refractivity contribution in [3.8, 4) is 17.6 Å². The molecule has 0 atom stereocenters. The van der Waals surface area contributed by atoms with E-state index >= 15 is 0 Å². The van der Waals surface area contributed by atoms with Crippen molar-refractivity contribution in [3.63, 3.8) is 0 Å². The first-order chi connectivity index (χ1) is 24.6. The molecule has 50 heavy (non-hydrogen) atoms. The summed E-state index contributed by atoms with van der Waals surface area (Å²) in [6.45, 7) is 3.97. The second-order valence-electron chi connectivity index (χ2n) is 11.9. The second-order valence-corrected chi connectivity index (χ2v) is 11.9. The summed E-state index contributed by atoms with van der Waals surface area (Å²) in [5.41, 5.74) is 4.03. The van der Waals surface area contributed by atoms with Crippen LogP contribution >= 0.6 is 0 Å². The number of nitrogens with zero attached hydrogens (tertiary/aromatic N) is 2. The van der Waals surface area contributed by atoms with E-state index in [1.807, 2.05) is 109 Å². The third-order valence-corrected chi connectivity index (χ3v) is 7.96. The normalized spacial score (nSPS) is 10.5. The molecule has 2 amide bonds. The van der Waals surface area contributed by atoms with Crippen molar-refractivity contribution in [2.75, 3.05) is 32.7 Å².